The molecule has 66 heavy (non-hydrogen) atoms. The molecule has 2 aromatic heterocycles. The Balaban J connectivity index is 0.946. The topological polar surface area (TPSA) is 13.1 Å². The van der Waals surface area contributed by atoms with Gasteiger partial charge in [-0.05, 0) is 129 Å². The van der Waals surface area contributed by atoms with E-state index in [9.17, 15) is 0 Å². The van der Waals surface area contributed by atoms with Crippen LogP contribution in [0.15, 0.2) is 237 Å². The van der Waals surface area contributed by atoms with E-state index in [2.05, 4.69) is 264 Å². The van der Waals surface area contributed by atoms with Crippen LogP contribution in [0, 0.1) is 0 Å². The molecule has 1 aliphatic rings. The molecule has 3 nitrogen and oxygen atoms in total. The summed E-state index contributed by atoms with van der Waals surface area (Å²) in [7, 11) is 0. The second kappa shape index (κ2) is 14.8. The van der Waals surface area contributed by atoms with E-state index in [1.165, 1.54) is 88.1 Å². The minimum atomic E-state index is -0.115. The van der Waals surface area contributed by atoms with Gasteiger partial charge in [-0.15, -0.1) is 0 Å². The number of para-hydroxylation sites is 3. The number of benzene rings is 10. The molecule has 2 heterocycles. The molecule has 0 N–H and O–H groups in total. The highest BCUT2D eigenvalue weighted by molar-refractivity contribution is 6.17. The van der Waals surface area contributed by atoms with Crippen LogP contribution in [-0.2, 0) is 5.41 Å². The van der Waals surface area contributed by atoms with Crippen LogP contribution < -0.4 is 4.90 Å². The van der Waals surface area contributed by atoms with Gasteiger partial charge in [0.15, 0.2) is 0 Å². The minimum Gasteiger partial charge on any atom is -0.310 e. The molecular formula is C63H45N3. The van der Waals surface area contributed by atoms with E-state index in [1.807, 2.05) is 0 Å². The summed E-state index contributed by atoms with van der Waals surface area (Å²) in [4.78, 5) is 2.41. The van der Waals surface area contributed by atoms with E-state index in [1.54, 1.807) is 0 Å². The van der Waals surface area contributed by atoms with Crippen molar-refractivity contribution in [3.8, 4) is 44.8 Å². The van der Waals surface area contributed by atoms with Crippen LogP contribution in [0.2, 0.25) is 0 Å². The van der Waals surface area contributed by atoms with Gasteiger partial charge in [0.2, 0.25) is 0 Å². The van der Waals surface area contributed by atoms with Gasteiger partial charge in [-0.2, -0.15) is 0 Å². The van der Waals surface area contributed by atoms with Crippen molar-refractivity contribution < 1.29 is 0 Å². The maximum atomic E-state index is 2.44. The van der Waals surface area contributed by atoms with Crippen molar-refractivity contribution in [1.82, 2.24) is 9.13 Å². The molecule has 12 aromatic rings. The zero-order valence-corrected chi connectivity index (χ0v) is 36.9. The number of rotatable bonds is 7. The fourth-order valence-electron chi connectivity index (χ4n) is 11.0. The third kappa shape index (κ3) is 5.83. The van der Waals surface area contributed by atoms with Crippen LogP contribution >= 0.6 is 0 Å². The van der Waals surface area contributed by atoms with Gasteiger partial charge in [0.05, 0.1) is 22.1 Å². The molecule has 0 amide bonds. The van der Waals surface area contributed by atoms with Crippen LogP contribution in [0.1, 0.15) is 25.0 Å². The fourth-order valence-corrected chi connectivity index (χ4v) is 11.0. The first-order valence-corrected chi connectivity index (χ1v) is 22.9. The Labute approximate surface area is 384 Å². The molecule has 0 spiro atoms. The Morgan fingerprint density at radius 2 is 0.833 bits per heavy atom. The van der Waals surface area contributed by atoms with E-state index in [4.69, 9.17) is 0 Å². The van der Waals surface area contributed by atoms with Gasteiger partial charge in [0.1, 0.15) is 0 Å². The monoisotopic (exact) mass is 843 g/mol. The highest BCUT2D eigenvalue weighted by Crippen LogP contribution is 2.51. The summed E-state index contributed by atoms with van der Waals surface area (Å²) in [6.45, 7) is 4.71. The normalized spacial score (nSPS) is 12.8. The zero-order chi connectivity index (χ0) is 43.9. The summed E-state index contributed by atoms with van der Waals surface area (Å²) in [6, 6.07) is 86.8. The lowest BCUT2D eigenvalue weighted by Crippen LogP contribution is -2.16. The van der Waals surface area contributed by atoms with Crippen molar-refractivity contribution >= 4 is 60.7 Å². The number of hydrogen-bond donors (Lipinski definition) is 0. The van der Waals surface area contributed by atoms with E-state index >= 15 is 0 Å². The molecule has 0 radical (unpaired) electrons. The maximum Gasteiger partial charge on any atom is 0.0547 e. The first-order chi connectivity index (χ1) is 32.5. The lowest BCUT2D eigenvalue weighted by atomic mass is 9.82. The number of aromatic nitrogens is 2. The van der Waals surface area contributed by atoms with Gasteiger partial charge < -0.3 is 14.0 Å². The summed E-state index contributed by atoms with van der Waals surface area (Å²) >= 11 is 0. The van der Waals surface area contributed by atoms with Crippen molar-refractivity contribution in [3.63, 3.8) is 0 Å². The quantitative estimate of drug-likeness (QED) is 0.156. The molecule has 0 fully saturated rings. The summed E-state index contributed by atoms with van der Waals surface area (Å²) in [5.74, 6) is 0. The van der Waals surface area contributed by atoms with E-state index in [0.29, 0.717) is 0 Å². The largest absolute Gasteiger partial charge is 0.310 e. The minimum absolute atomic E-state index is 0.115. The SMILES string of the molecule is CC1(C)c2ccccc2-c2ccc(N(c3ccc(-c4ccccc4)cc3)c3ccc(-n4c5ccccc5c5c(-c6ccc7c8ccccc8n(-c8ccccc8)c7c6)cccc54)cc3)cc21. The van der Waals surface area contributed by atoms with Crippen molar-refractivity contribution in [2.24, 2.45) is 0 Å². The van der Waals surface area contributed by atoms with Crippen molar-refractivity contribution in [2.45, 2.75) is 19.3 Å². The Bertz CT molecular complexity index is 3820. The summed E-state index contributed by atoms with van der Waals surface area (Å²) in [6.07, 6.45) is 0. The standard InChI is InChI=1S/C63H45N3/c1-63(2)56-24-12-9-20-51(56)52-39-37-49(41-57(52)63)64(46-31-28-43(29-32-46)42-16-5-3-6-17-42)47-33-35-48(36-34-47)65-59-26-14-11-22-55(59)62-50(23-15-27-60(62)65)44-30-38-54-53-21-10-13-25-58(53)66(61(54)40-44)45-18-7-4-8-19-45/h3-41H,1-2H3. The van der Waals surface area contributed by atoms with E-state index < -0.39 is 0 Å². The molecule has 0 atom stereocenters. The molecule has 13 rings (SSSR count). The van der Waals surface area contributed by atoms with Gasteiger partial charge in [-0.25, -0.2) is 0 Å². The molecule has 1 aliphatic carbocycles. The summed E-state index contributed by atoms with van der Waals surface area (Å²) < 4.78 is 4.84. The van der Waals surface area contributed by atoms with Gasteiger partial charge in [0.25, 0.3) is 0 Å². The predicted octanol–water partition coefficient (Wildman–Crippen LogP) is 17.0. The average molecular weight is 844 g/mol. The highest BCUT2D eigenvalue weighted by atomic mass is 15.1. The molecule has 0 unspecified atom stereocenters. The van der Waals surface area contributed by atoms with Crippen LogP contribution in [-0.4, -0.2) is 9.13 Å². The van der Waals surface area contributed by atoms with Gasteiger partial charge >= 0.3 is 0 Å². The molecule has 0 aliphatic heterocycles. The second-order valence-electron chi connectivity index (χ2n) is 18.1. The van der Waals surface area contributed by atoms with Crippen molar-refractivity contribution in [3.05, 3.63) is 248 Å². The number of fused-ring (bicyclic) bond motifs is 9. The molecule has 0 bridgehead atoms. The molecule has 0 saturated carbocycles. The molecular weight excluding hydrogens is 799 g/mol. The van der Waals surface area contributed by atoms with Crippen LogP contribution in [0.4, 0.5) is 17.1 Å². The Hall–Kier alpha value is -8.40. The third-order valence-electron chi connectivity index (χ3n) is 14.1. The smallest absolute Gasteiger partial charge is 0.0547 e. The Kier molecular flexibility index (Phi) is 8.56. The number of anilines is 3. The zero-order valence-electron chi connectivity index (χ0n) is 36.9. The van der Waals surface area contributed by atoms with Gasteiger partial charge in [0, 0.05) is 55.4 Å². The fraction of sp³-hybridized carbons (Fsp3) is 0.0476. The molecule has 3 heteroatoms. The molecule has 0 saturated heterocycles. The first kappa shape index (κ1) is 38.1. The third-order valence-corrected chi connectivity index (χ3v) is 14.1. The number of hydrogen-bond acceptors (Lipinski definition) is 1. The number of nitrogens with zero attached hydrogens (tertiary/aromatic N) is 3. The van der Waals surface area contributed by atoms with Gasteiger partial charge in [-0.3, -0.25) is 0 Å². The Morgan fingerprint density at radius 1 is 0.318 bits per heavy atom. The van der Waals surface area contributed by atoms with Gasteiger partial charge in [-0.1, -0.05) is 166 Å². The van der Waals surface area contributed by atoms with Crippen molar-refractivity contribution in [1.29, 1.82) is 0 Å². The van der Waals surface area contributed by atoms with Crippen molar-refractivity contribution in [2.75, 3.05) is 4.90 Å². The second-order valence-corrected chi connectivity index (χ2v) is 18.1. The summed E-state index contributed by atoms with van der Waals surface area (Å²) in [5.41, 5.74) is 20.5. The maximum absolute atomic E-state index is 2.44. The Morgan fingerprint density at radius 3 is 1.61 bits per heavy atom. The first-order valence-electron chi connectivity index (χ1n) is 22.9. The lowest BCUT2D eigenvalue weighted by molar-refractivity contribution is 0.660. The molecule has 10 aromatic carbocycles. The van der Waals surface area contributed by atoms with E-state index in [-0.39, 0.29) is 5.41 Å². The van der Waals surface area contributed by atoms with Crippen LogP contribution in [0.25, 0.3) is 88.4 Å². The van der Waals surface area contributed by atoms with Crippen LogP contribution in [0.3, 0.4) is 0 Å². The summed E-state index contributed by atoms with van der Waals surface area (Å²) in [5, 5.41) is 5.00. The average Bonchev–Trinajstić information content (AvgIpc) is 3.98. The predicted molar refractivity (Wildman–Crippen MR) is 278 cm³/mol. The lowest BCUT2D eigenvalue weighted by Gasteiger charge is -2.28. The highest BCUT2D eigenvalue weighted by Gasteiger charge is 2.35. The van der Waals surface area contributed by atoms with Crippen LogP contribution in [0.5, 0.6) is 0 Å². The molecule has 312 valence electrons. The van der Waals surface area contributed by atoms with E-state index in [0.717, 1.165) is 28.4 Å².